The van der Waals surface area contributed by atoms with Gasteiger partial charge >= 0.3 is 0 Å². The summed E-state index contributed by atoms with van der Waals surface area (Å²) in [6.45, 7) is 5.18. The molecule has 0 amide bonds. The van der Waals surface area contributed by atoms with Gasteiger partial charge in [0, 0.05) is 30.3 Å². The highest BCUT2D eigenvalue weighted by molar-refractivity contribution is 6.32. The summed E-state index contributed by atoms with van der Waals surface area (Å²) in [5, 5.41) is 13.7. The Morgan fingerprint density at radius 3 is 2.93 bits per heavy atom. The van der Waals surface area contributed by atoms with Crippen LogP contribution in [0.15, 0.2) is 30.7 Å². The highest BCUT2D eigenvalue weighted by Gasteiger charge is 2.24. The highest BCUT2D eigenvalue weighted by atomic mass is 35.5. The Balaban J connectivity index is 1.68. The first-order valence-electron chi connectivity index (χ1n) is 9.05. The minimum atomic E-state index is -0.586. The van der Waals surface area contributed by atoms with Crippen LogP contribution in [0.4, 0.5) is 5.95 Å². The molecule has 2 atom stereocenters. The van der Waals surface area contributed by atoms with Gasteiger partial charge in [0.25, 0.3) is 0 Å². The second kappa shape index (κ2) is 7.42. The number of hydrogen-bond acceptors (Lipinski definition) is 6. The number of aliphatic hydroxyl groups excluding tert-OH is 1. The monoisotopic (exact) mass is 387 g/mol. The zero-order valence-corrected chi connectivity index (χ0v) is 16.0. The number of ether oxygens (including phenoxy) is 1. The minimum Gasteiger partial charge on any atom is -0.389 e. The maximum absolute atomic E-state index is 10.1. The third-order valence-electron chi connectivity index (χ3n) is 4.78. The molecular weight excluding hydrogens is 366 g/mol. The molecule has 7 nitrogen and oxygen atoms in total. The summed E-state index contributed by atoms with van der Waals surface area (Å²) in [5.41, 5.74) is 3.53. The number of nitrogens with zero attached hydrogens (tertiary/aromatic N) is 4. The van der Waals surface area contributed by atoms with E-state index in [2.05, 4.69) is 38.5 Å². The number of aromatic nitrogens is 4. The van der Waals surface area contributed by atoms with Crippen molar-refractivity contribution in [3.05, 3.63) is 41.4 Å². The van der Waals surface area contributed by atoms with Gasteiger partial charge in [-0.3, -0.25) is 0 Å². The number of halogens is 1. The maximum Gasteiger partial charge on any atom is 0.223 e. The highest BCUT2D eigenvalue weighted by Crippen LogP contribution is 2.28. The Hall–Kier alpha value is -2.22. The molecule has 0 unspecified atom stereocenters. The van der Waals surface area contributed by atoms with Crippen LogP contribution < -0.4 is 5.32 Å². The minimum absolute atomic E-state index is 0.142. The standard InChI is InChI=1S/C19H22ClN5O2/c1-11(2)15-8-21-17-4-3-12(9-25(15)17)18-13(20)7-22-19(24-18)23-14-5-6-27-10-16(14)26/h3-4,7-9,11,14,16,26H,5-6,10H2,1-2H3,(H,22,23,24)/t14-,16-/m1/s1. The van der Waals surface area contributed by atoms with Crippen molar-refractivity contribution >= 4 is 23.2 Å². The lowest BCUT2D eigenvalue weighted by Gasteiger charge is -2.28. The Bertz CT molecular complexity index is 958. The van der Waals surface area contributed by atoms with Gasteiger partial charge in [-0.1, -0.05) is 25.4 Å². The molecule has 0 bridgehead atoms. The van der Waals surface area contributed by atoms with Crippen molar-refractivity contribution in [1.29, 1.82) is 0 Å². The summed E-state index contributed by atoms with van der Waals surface area (Å²) in [5.74, 6) is 0.790. The van der Waals surface area contributed by atoms with Gasteiger partial charge < -0.3 is 19.6 Å². The van der Waals surface area contributed by atoms with Crippen molar-refractivity contribution in [3.8, 4) is 11.3 Å². The van der Waals surface area contributed by atoms with Gasteiger partial charge in [0.05, 0.1) is 35.7 Å². The zero-order valence-electron chi connectivity index (χ0n) is 15.3. The molecule has 27 heavy (non-hydrogen) atoms. The number of fused-ring (bicyclic) bond motifs is 1. The summed E-state index contributed by atoms with van der Waals surface area (Å²) < 4.78 is 7.33. The molecule has 8 heteroatoms. The summed E-state index contributed by atoms with van der Waals surface area (Å²) in [7, 11) is 0. The van der Waals surface area contributed by atoms with Gasteiger partial charge in [-0.25, -0.2) is 15.0 Å². The van der Waals surface area contributed by atoms with E-state index in [-0.39, 0.29) is 6.04 Å². The first-order chi connectivity index (χ1) is 13.0. The number of aliphatic hydroxyl groups is 1. The number of nitrogens with one attached hydrogen (secondary N) is 1. The van der Waals surface area contributed by atoms with E-state index < -0.39 is 6.10 Å². The summed E-state index contributed by atoms with van der Waals surface area (Å²) in [6, 6.07) is 3.76. The van der Waals surface area contributed by atoms with E-state index in [1.807, 2.05) is 24.5 Å². The second-order valence-corrected chi connectivity index (χ2v) is 7.46. The fraction of sp³-hybridized carbons (Fsp3) is 0.421. The molecule has 1 aliphatic rings. The SMILES string of the molecule is CC(C)c1cnc2ccc(-c3nc(N[C@@H]4CCOC[C@H]4O)ncc3Cl)cn12. The molecule has 0 aromatic carbocycles. The average Bonchev–Trinajstić information content (AvgIpc) is 3.08. The smallest absolute Gasteiger partial charge is 0.223 e. The average molecular weight is 388 g/mol. The van der Waals surface area contributed by atoms with Gasteiger partial charge in [-0.15, -0.1) is 0 Å². The first-order valence-corrected chi connectivity index (χ1v) is 9.43. The predicted octanol–water partition coefficient (Wildman–Crippen LogP) is 3.13. The lowest BCUT2D eigenvalue weighted by molar-refractivity contribution is -0.0136. The third kappa shape index (κ3) is 3.63. The Morgan fingerprint density at radius 2 is 2.15 bits per heavy atom. The van der Waals surface area contributed by atoms with E-state index in [0.29, 0.717) is 42.2 Å². The van der Waals surface area contributed by atoms with Crippen molar-refractivity contribution in [1.82, 2.24) is 19.4 Å². The van der Waals surface area contributed by atoms with Gasteiger partial charge in [-0.2, -0.15) is 0 Å². The summed E-state index contributed by atoms with van der Waals surface area (Å²) in [4.78, 5) is 13.3. The Morgan fingerprint density at radius 1 is 1.30 bits per heavy atom. The molecule has 1 aliphatic heterocycles. The number of anilines is 1. The van der Waals surface area contributed by atoms with Gasteiger partial charge in [-0.05, 0) is 24.5 Å². The van der Waals surface area contributed by atoms with Crippen LogP contribution in [-0.2, 0) is 4.74 Å². The van der Waals surface area contributed by atoms with Crippen LogP contribution in [0.3, 0.4) is 0 Å². The van der Waals surface area contributed by atoms with Crippen molar-refractivity contribution in [2.75, 3.05) is 18.5 Å². The van der Waals surface area contributed by atoms with Crippen LogP contribution >= 0.6 is 11.6 Å². The Labute approximate surface area is 162 Å². The molecule has 2 N–H and O–H groups in total. The molecule has 142 valence electrons. The lowest BCUT2D eigenvalue weighted by Crippen LogP contribution is -2.42. The number of imidazole rings is 1. The fourth-order valence-corrected chi connectivity index (χ4v) is 3.46. The molecule has 0 aliphatic carbocycles. The van der Waals surface area contributed by atoms with E-state index in [1.165, 1.54) is 0 Å². The molecule has 0 radical (unpaired) electrons. The largest absolute Gasteiger partial charge is 0.389 e. The zero-order chi connectivity index (χ0) is 19.0. The van der Waals surface area contributed by atoms with Crippen molar-refractivity contribution in [3.63, 3.8) is 0 Å². The van der Waals surface area contributed by atoms with Crippen LogP contribution in [0.1, 0.15) is 31.9 Å². The lowest BCUT2D eigenvalue weighted by atomic mass is 10.1. The van der Waals surface area contributed by atoms with E-state index >= 15 is 0 Å². The van der Waals surface area contributed by atoms with Crippen LogP contribution in [0, 0.1) is 0 Å². The molecule has 0 spiro atoms. The van der Waals surface area contributed by atoms with E-state index in [9.17, 15) is 5.11 Å². The van der Waals surface area contributed by atoms with Crippen molar-refractivity contribution in [2.45, 2.75) is 38.3 Å². The quantitative estimate of drug-likeness (QED) is 0.715. The predicted molar refractivity (Wildman–Crippen MR) is 104 cm³/mol. The van der Waals surface area contributed by atoms with E-state index in [4.69, 9.17) is 16.3 Å². The van der Waals surface area contributed by atoms with Crippen molar-refractivity contribution in [2.24, 2.45) is 0 Å². The van der Waals surface area contributed by atoms with Crippen LogP contribution in [0.5, 0.6) is 0 Å². The maximum atomic E-state index is 10.1. The summed E-state index contributed by atoms with van der Waals surface area (Å²) in [6.07, 6.45) is 5.59. The van der Waals surface area contributed by atoms with Gasteiger partial charge in [0.15, 0.2) is 0 Å². The van der Waals surface area contributed by atoms with E-state index in [1.54, 1.807) is 6.20 Å². The summed E-state index contributed by atoms with van der Waals surface area (Å²) >= 11 is 6.38. The Kier molecular flexibility index (Phi) is 4.99. The second-order valence-electron chi connectivity index (χ2n) is 7.06. The van der Waals surface area contributed by atoms with Crippen LogP contribution in [-0.4, -0.2) is 49.8 Å². The molecule has 4 rings (SSSR count). The normalized spacial score (nSPS) is 20.3. The number of hydrogen-bond donors (Lipinski definition) is 2. The molecule has 1 fully saturated rings. The molecule has 3 aromatic rings. The van der Waals surface area contributed by atoms with Crippen LogP contribution in [0.25, 0.3) is 16.9 Å². The topological polar surface area (TPSA) is 84.6 Å². The fourth-order valence-electron chi connectivity index (χ4n) is 3.26. The van der Waals surface area contributed by atoms with Crippen LogP contribution in [0.2, 0.25) is 5.02 Å². The molecule has 0 saturated carbocycles. The molecule has 4 heterocycles. The van der Waals surface area contributed by atoms with Crippen molar-refractivity contribution < 1.29 is 9.84 Å². The molecular formula is C19H22ClN5O2. The van der Waals surface area contributed by atoms with Gasteiger partial charge in [0.1, 0.15) is 5.65 Å². The van der Waals surface area contributed by atoms with E-state index in [0.717, 1.165) is 16.9 Å². The number of pyridine rings is 1. The van der Waals surface area contributed by atoms with Gasteiger partial charge in [0.2, 0.25) is 5.95 Å². The third-order valence-corrected chi connectivity index (χ3v) is 5.06. The molecule has 1 saturated heterocycles. The molecule has 3 aromatic heterocycles. The first kappa shape index (κ1) is 18.2. The number of rotatable bonds is 4.